The van der Waals surface area contributed by atoms with Gasteiger partial charge in [-0.2, -0.15) is 0 Å². The molecule has 4 aromatic carbocycles. The molecule has 3 nitrogen and oxygen atoms in total. The monoisotopic (exact) mass is 450 g/mol. The number of nitrogens with zero attached hydrogens (tertiary/aromatic N) is 1. The highest BCUT2D eigenvalue weighted by Gasteiger charge is 2.39. The molecule has 33 heavy (non-hydrogen) atoms. The number of rotatable bonds is 5. The largest absolute Gasteiger partial charge is 0.354 e. The minimum Gasteiger partial charge on any atom is -0.354 e. The first-order chi connectivity index (χ1) is 16.3. The van der Waals surface area contributed by atoms with Gasteiger partial charge in [-0.15, -0.1) is 11.6 Å². The Bertz CT molecular complexity index is 1500. The van der Waals surface area contributed by atoms with E-state index in [-0.39, 0.29) is 11.9 Å². The highest BCUT2D eigenvalue weighted by Crippen LogP contribution is 2.45. The van der Waals surface area contributed by atoms with Crippen LogP contribution in [0.25, 0.3) is 32.9 Å². The fourth-order valence-corrected chi connectivity index (χ4v) is 5.28. The lowest BCUT2D eigenvalue weighted by molar-refractivity contribution is 0.0751. The zero-order valence-electron chi connectivity index (χ0n) is 18.1. The van der Waals surface area contributed by atoms with E-state index in [1.165, 1.54) is 10.8 Å². The maximum Gasteiger partial charge on any atom is 0.255 e. The number of H-pyrrole nitrogens is 1. The van der Waals surface area contributed by atoms with Crippen molar-refractivity contribution < 1.29 is 4.79 Å². The van der Waals surface area contributed by atoms with Crippen molar-refractivity contribution in [3.63, 3.8) is 0 Å². The van der Waals surface area contributed by atoms with Crippen LogP contribution in [0.2, 0.25) is 0 Å². The molecule has 0 unspecified atom stereocenters. The molecule has 6 rings (SSSR count). The lowest BCUT2D eigenvalue weighted by atomic mass is 9.92. The number of aromatic amines is 1. The summed E-state index contributed by atoms with van der Waals surface area (Å²) in [4.78, 5) is 19.1. The second-order valence-electron chi connectivity index (χ2n) is 8.55. The van der Waals surface area contributed by atoms with Gasteiger partial charge in [0.05, 0.1) is 11.7 Å². The van der Waals surface area contributed by atoms with Crippen molar-refractivity contribution in [2.45, 2.75) is 12.5 Å². The fourth-order valence-electron chi connectivity index (χ4n) is 5.16. The second-order valence-corrected chi connectivity index (χ2v) is 8.93. The molecule has 5 aromatic rings. The number of halogens is 1. The number of nitrogens with one attached hydrogen (secondary N) is 1. The summed E-state index contributed by atoms with van der Waals surface area (Å²) in [6.45, 7) is 0.623. The Morgan fingerprint density at radius 2 is 1.61 bits per heavy atom. The van der Waals surface area contributed by atoms with Crippen molar-refractivity contribution in [2.75, 3.05) is 12.4 Å². The lowest BCUT2D eigenvalue weighted by Crippen LogP contribution is -2.30. The smallest absolute Gasteiger partial charge is 0.255 e. The minimum absolute atomic E-state index is 0.0791. The zero-order valence-corrected chi connectivity index (χ0v) is 18.8. The third-order valence-corrected chi connectivity index (χ3v) is 6.92. The van der Waals surface area contributed by atoms with Gasteiger partial charge in [-0.3, -0.25) is 4.79 Å². The summed E-state index contributed by atoms with van der Waals surface area (Å²) in [5, 5.41) is 3.55. The van der Waals surface area contributed by atoms with Crippen molar-refractivity contribution >= 4 is 39.2 Å². The van der Waals surface area contributed by atoms with Crippen molar-refractivity contribution in [2.24, 2.45) is 0 Å². The maximum absolute atomic E-state index is 13.4. The molecule has 1 aliphatic heterocycles. The topological polar surface area (TPSA) is 36.1 Å². The molecule has 0 bridgehead atoms. The molecule has 0 saturated heterocycles. The van der Waals surface area contributed by atoms with Crippen molar-refractivity contribution in [1.29, 1.82) is 0 Å². The number of amides is 1. The van der Waals surface area contributed by atoms with E-state index in [1.807, 2.05) is 29.2 Å². The number of alkyl halides is 1. The zero-order chi connectivity index (χ0) is 22.4. The normalized spacial score (nSPS) is 15.5. The molecule has 0 spiro atoms. The van der Waals surface area contributed by atoms with Crippen LogP contribution in [0.4, 0.5) is 0 Å². The van der Waals surface area contributed by atoms with Crippen LogP contribution in [-0.2, 0) is 0 Å². The summed E-state index contributed by atoms with van der Waals surface area (Å²) in [5.41, 5.74) is 6.25. The first-order valence-corrected chi connectivity index (χ1v) is 11.9. The van der Waals surface area contributed by atoms with Gasteiger partial charge >= 0.3 is 0 Å². The molecule has 1 atom stereocenters. The quantitative estimate of drug-likeness (QED) is 0.283. The highest BCUT2D eigenvalue weighted by atomic mass is 35.5. The third kappa shape index (κ3) is 3.23. The Morgan fingerprint density at radius 1 is 0.848 bits per heavy atom. The number of carbonyl (C=O) groups excluding carboxylic acids is 1. The summed E-state index contributed by atoms with van der Waals surface area (Å²) >= 11 is 6.05. The van der Waals surface area contributed by atoms with Crippen molar-refractivity contribution in [3.05, 3.63) is 108 Å². The molecule has 2 heterocycles. The molecule has 4 heteroatoms. The van der Waals surface area contributed by atoms with Gasteiger partial charge in [0.2, 0.25) is 0 Å². The first-order valence-electron chi connectivity index (χ1n) is 11.3. The number of hydrogen-bond acceptors (Lipinski definition) is 1. The maximum atomic E-state index is 13.4. The van der Waals surface area contributed by atoms with Crippen LogP contribution >= 0.6 is 11.6 Å². The number of hydrogen-bond donors (Lipinski definition) is 1. The van der Waals surface area contributed by atoms with Crippen LogP contribution in [0, 0.1) is 0 Å². The van der Waals surface area contributed by atoms with Gasteiger partial charge < -0.3 is 9.88 Å². The predicted molar refractivity (Wildman–Crippen MR) is 136 cm³/mol. The van der Waals surface area contributed by atoms with Crippen LogP contribution in [-0.4, -0.2) is 28.2 Å². The molecule has 0 radical (unpaired) electrons. The highest BCUT2D eigenvalue weighted by molar-refractivity contribution is 6.17. The summed E-state index contributed by atoms with van der Waals surface area (Å²) in [7, 11) is 0. The van der Waals surface area contributed by atoms with Gasteiger partial charge in [-0.1, -0.05) is 72.8 Å². The number of fused-ring (bicyclic) bond motifs is 3. The SMILES string of the molecule is O=C1c2ccccc2[C@H](c2c(-c3ccc4ccccc4c3)[nH]c3ccccc23)N1CCCCl. The van der Waals surface area contributed by atoms with E-state index in [0.29, 0.717) is 12.4 Å². The van der Waals surface area contributed by atoms with E-state index < -0.39 is 0 Å². The molecule has 1 aliphatic rings. The summed E-state index contributed by atoms with van der Waals surface area (Å²) in [6, 6.07) is 31.2. The Morgan fingerprint density at radius 3 is 2.48 bits per heavy atom. The molecule has 1 aromatic heterocycles. The van der Waals surface area contributed by atoms with Crippen LogP contribution in [0.3, 0.4) is 0 Å². The van der Waals surface area contributed by atoms with Gasteiger partial charge in [-0.25, -0.2) is 0 Å². The molecular weight excluding hydrogens is 428 g/mol. The van der Waals surface area contributed by atoms with E-state index in [0.717, 1.165) is 45.3 Å². The van der Waals surface area contributed by atoms with Crippen molar-refractivity contribution in [1.82, 2.24) is 9.88 Å². The standard InChI is InChI=1S/C29H23ClN2O/c30-16-7-17-32-28(22-10-3-4-11-23(22)29(32)33)26-24-12-5-6-13-25(24)31-27(26)21-15-14-19-8-1-2-9-20(19)18-21/h1-6,8-15,18,28,31H,7,16-17H2/t28-/m1/s1. The summed E-state index contributed by atoms with van der Waals surface area (Å²) in [5.74, 6) is 0.605. The van der Waals surface area contributed by atoms with Gasteiger partial charge in [0.1, 0.15) is 0 Å². The lowest BCUT2D eigenvalue weighted by Gasteiger charge is -2.26. The van der Waals surface area contributed by atoms with E-state index in [1.54, 1.807) is 0 Å². The van der Waals surface area contributed by atoms with Gasteiger partial charge in [0.25, 0.3) is 5.91 Å². The summed E-state index contributed by atoms with van der Waals surface area (Å²) < 4.78 is 0. The average Bonchev–Trinajstić information content (AvgIpc) is 3.37. The molecule has 162 valence electrons. The molecule has 1 N–H and O–H groups in total. The third-order valence-electron chi connectivity index (χ3n) is 6.65. The number of carbonyl (C=O) groups is 1. The second kappa shape index (κ2) is 8.09. The van der Waals surface area contributed by atoms with Crippen LogP contribution < -0.4 is 0 Å². The molecule has 0 fully saturated rings. The van der Waals surface area contributed by atoms with Gasteiger partial charge in [-0.05, 0) is 46.5 Å². The molecule has 0 saturated carbocycles. The number of benzene rings is 4. The Labute approximate surface area is 197 Å². The first kappa shape index (κ1) is 20.1. The molecular formula is C29H23ClN2O. The van der Waals surface area contributed by atoms with Crippen LogP contribution in [0.15, 0.2) is 91.0 Å². The Balaban J connectivity index is 1.62. The molecule has 0 aliphatic carbocycles. The molecule has 1 amide bonds. The Kier molecular flexibility index (Phi) is 4.92. The predicted octanol–water partition coefficient (Wildman–Crippen LogP) is 7.16. The van der Waals surface area contributed by atoms with Gasteiger partial charge in [0, 0.05) is 34.5 Å². The minimum atomic E-state index is -0.158. The average molecular weight is 451 g/mol. The van der Waals surface area contributed by atoms with E-state index >= 15 is 0 Å². The number of para-hydroxylation sites is 1. The van der Waals surface area contributed by atoms with E-state index in [9.17, 15) is 4.79 Å². The Hall–Kier alpha value is -3.56. The fraction of sp³-hybridized carbons (Fsp3) is 0.138. The number of aromatic nitrogens is 1. The van der Waals surface area contributed by atoms with Crippen molar-refractivity contribution in [3.8, 4) is 11.3 Å². The summed E-state index contributed by atoms with van der Waals surface area (Å²) in [6.07, 6.45) is 0.755. The van der Waals surface area contributed by atoms with E-state index in [2.05, 4.69) is 71.7 Å². The van der Waals surface area contributed by atoms with E-state index in [4.69, 9.17) is 11.6 Å². The van der Waals surface area contributed by atoms with Crippen LogP contribution in [0.1, 0.15) is 33.9 Å². The van der Waals surface area contributed by atoms with Crippen LogP contribution in [0.5, 0.6) is 0 Å². The van der Waals surface area contributed by atoms with Gasteiger partial charge in [0.15, 0.2) is 0 Å².